The van der Waals surface area contributed by atoms with Crippen molar-refractivity contribution in [2.24, 2.45) is 4.99 Å². The smallest absolute Gasteiger partial charge is 0.311 e. The summed E-state index contributed by atoms with van der Waals surface area (Å²) in [4.78, 5) is 16.3. The largest absolute Gasteiger partial charge is 0.493 e. The highest BCUT2D eigenvalue weighted by Gasteiger charge is 2.20. The van der Waals surface area contributed by atoms with Crippen LogP contribution in [0.4, 0.5) is 4.79 Å². The molecule has 0 saturated heterocycles. The highest BCUT2D eigenvalue weighted by Crippen LogP contribution is 2.33. The normalized spacial score (nSPS) is 14.9. The standard InChI is InChI=1S/C23H20N2O3S/c1-24-22-21(29-23(26)25-22)13-15-10-11-19(20(12-15)27-2)28-14-17-8-5-7-16-6-3-4-9-18(16)17/h3-13H,14H2,1-2H3,(H,24,25,26). The van der Waals surface area contributed by atoms with Crippen molar-refractivity contribution in [3.63, 3.8) is 0 Å². The Morgan fingerprint density at radius 3 is 2.72 bits per heavy atom. The van der Waals surface area contributed by atoms with E-state index in [9.17, 15) is 4.79 Å². The molecule has 0 aromatic heterocycles. The molecule has 0 bridgehead atoms. The third-order valence-electron chi connectivity index (χ3n) is 4.62. The number of methoxy groups -OCH3 is 1. The van der Waals surface area contributed by atoms with Gasteiger partial charge in [0, 0.05) is 7.05 Å². The van der Waals surface area contributed by atoms with E-state index in [1.807, 2.05) is 42.5 Å². The maximum Gasteiger partial charge on any atom is 0.311 e. The molecule has 1 aliphatic rings. The minimum atomic E-state index is -0.220. The summed E-state index contributed by atoms with van der Waals surface area (Å²) in [6.45, 7) is 0.444. The number of ether oxygens (including phenoxy) is 2. The van der Waals surface area contributed by atoms with Crippen molar-refractivity contribution < 1.29 is 14.3 Å². The van der Waals surface area contributed by atoms with Crippen LogP contribution in [-0.4, -0.2) is 25.2 Å². The van der Waals surface area contributed by atoms with Crippen LogP contribution in [-0.2, 0) is 6.61 Å². The third kappa shape index (κ3) is 4.12. The first kappa shape index (κ1) is 19.1. The lowest BCUT2D eigenvalue weighted by atomic mass is 10.1. The predicted molar refractivity (Wildman–Crippen MR) is 119 cm³/mol. The Labute approximate surface area is 173 Å². The molecule has 0 atom stereocenters. The molecule has 5 nitrogen and oxygen atoms in total. The maximum atomic E-state index is 11.6. The van der Waals surface area contributed by atoms with E-state index in [4.69, 9.17) is 9.47 Å². The molecule has 146 valence electrons. The Morgan fingerprint density at radius 2 is 1.90 bits per heavy atom. The molecule has 29 heavy (non-hydrogen) atoms. The van der Waals surface area contributed by atoms with E-state index < -0.39 is 0 Å². The Kier molecular flexibility index (Phi) is 5.53. The van der Waals surface area contributed by atoms with Crippen LogP contribution >= 0.6 is 11.8 Å². The van der Waals surface area contributed by atoms with Gasteiger partial charge >= 0.3 is 5.24 Å². The highest BCUT2D eigenvalue weighted by atomic mass is 32.2. The van der Waals surface area contributed by atoms with Gasteiger partial charge in [0.15, 0.2) is 11.5 Å². The van der Waals surface area contributed by atoms with Crippen molar-refractivity contribution in [3.8, 4) is 11.5 Å². The van der Waals surface area contributed by atoms with E-state index in [-0.39, 0.29) is 5.24 Å². The van der Waals surface area contributed by atoms with E-state index in [0.29, 0.717) is 23.9 Å². The van der Waals surface area contributed by atoms with Crippen molar-refractivity contribution in [3.05, 3.63) is 76.7 Å². The Hall–Kier alpha value is -3.25. The molecule has 1 N–H and O–H groups in total. The molecule has 1 aliphatic heterocycles. The molecule has 1 heterocycles. The summed E-state index contributed by atoms with van der Waals surface area (Å²) >= 11 is 1.10. The monoisotopic (exact) mass is 404 g/mol. The maximum absolute atomic E-state index is 11.6. The lowest BCUT2D eigenvalue weighted by Gasteiger charge is -2.13. The molecule has 6 heteroatoms. The first-order valence-electron chi connectivity index (χ1n) is 9.16. The lowest BCUT2D eigenvalue weighted by molar-refractivity contribution is 0.268. The zero-order chi connectivity index (χ0) is 20.2. The minimum Gasteiger partial charge on any atom is -0.493 e. The van der Waals surface area contributed by atoms with Gasteiger partial charge in [0.05, 0.1) is 12.0 Å². The fraction of sp³-hybridized carbons (Fsp3) is 0.130. The van der Waals surface area contributed by atoms with E-state index in [0.717, 1.165) is 27.8 Å². The summed E-state index contributed by atoms with van der Waals surface area (Å²) in [6, 6.07) is 20.2. The molecule has 3 aromatic carbocycles. The number of thioether (sulfide) groups is 1. The molecule has 0 radical (unpaired) electrons. The number of amides is 1. The number of nitrogens with one attached hydrogen (secondary N) is 1. The number of benzene rings is 3. The van der Waals surface area contributed by atoms with Crippen LogP contribution in [0.15, 0.2) is 70.6 Å². The second-order valence-corrected chi connectivity index (χ2v) is 7.42. The van der Waals surface area contributed by atoms with Gasteiger partial charge in [0.25, 0.3) is 0 Å². The van der Waals surface area contributed by atoms with Crippen molar-refractivity contribution in [1.82, 2.24) is 5.32 Å². The topological polar surface area (TPSA) is 59.9 Å². The number of hydrogen-bond donors (Lipinski definition) is 1. The summed E-state index contributed by atoms with van der Waals surface area (Å²) in [7, 11) is 3.36. The molecule has 3 aromatic rings. The van der Waals surface area contributed by atoms with Gasteiger partial charge in [-0.25, -0.2) is 0 Å². The van der Waals surface area contributed by atoms with E-state index >= 15 is 0 Å². The van der Waals surface area contributed by atoms with Gasteiger partial charge in [-0.15, -0.1) is 0 Å². The Morgan fingerprint density at radius 1 is 1.07 bits per heavy atom. The second kappa shape index (κ2) is 8.41. The van der Waals surface area contributed by atoms with Crippen LogP contribution in [0, 0.1) is 0 Å². The van der Waals surface area contributed by atoms with Crippen molar-refractivity contribution in [2.45, 2.75) is 6.61 Å². The average Bonchev–Trinajstić information content (AvgIpc) is 3.11. The molecule has 1 amide bonds. The third-order valence-corrected chi connectivity index (χ3v) is 5.42. The first-order chi connectivity index (χ1) is 14.2. The van der Waals surface area contributed by atoms with Gasteiger partial charge in [0.1, 0.15) is 12.4 Å². The zero-order valence-electron chi connectivity index (χ0n) is 16.1. The van der Waals surface area contributed by atoms with Gasteiger partial charge in [-0.05, 0) is 51.9 Å². The van der Waals surface area contributed by atoms with Gasteiger partial charge < -0.3 is 14.8 Å². The van der Waals surface area contributed by atoms with Crippen LogP contribution < -0.4 is 14.8 Å². The predicted octanol–water partition coefficient (Wildman–Crippen LogP) is 5.25. The number of aliphatic imine (C=N–C) groups is 1. The number of likely N-dealkylation sites (N-methyl/N-ethyl adjacent to an activating group) is 1. The quantitative estimate of drug-likeness (QED) is 0.629. The summed E-state index contributed by atoms with van der Waals surface area (Å²) in [5.74, 6) is 1.88. The molecule has 4 rings (SSSR count). The molecule has 0 aliphatic carbocycles. The van der Waals surface area contributed by atoms with Gasteiger partial charge in [-0.3, -0.25) is 4.79 Å². The number of carbonyl (C=O) groups excluding carboxylic acids is 1. The first-order valence-corrected chi connectivity index (χ1v) is 9.97. The van der Waals surface area contributed by atoms with Crippen LogP contribution in [0.3, 0.4) is 0 Å². The Bertz CT molecular complexity index is 1130. The summed E-state index contributed by atoms with van der Waals surface area (Å²) in [6.07, 6.45) is 1.90. The van der Waals surface area contributed by atoms with Crippen molar-refractivity contribution in [1.29, 1.82) is 0 Å². The summed E-state index contributed by atoms with van der Waals surface area (Å²) in [5.41, 5.74) is 2.02. The van der Waals surface area contributed by atoms with E-state index in [2.05, 4.69) is 34.6 Å². The number of fused-ring (bicyclic) bond motifs is 1. The summed E-state index contributed by atoms with van der Waals surface area (Å²) < 4.78 is 11.6. The minimum absolute atomic E-state index is 0.220. The fourth-order valence-corrected chi connectivity index (χ4v) is 3.97. The van der Waals surface area contributed by atoms with Gasteiger partial charge in [-0.2, -0.15) is 4.99 Å². The molecular weight excluding hydrogens is 384 g/mol. The summed E-state index contributed by atoms with van der Waals surface area (Å²) in [5, 5.41) is 5.09. The van der Waals surface area contributed by atoms with E-state index in [1.165, 1.54) is 10.8 Å². The zero-order valence-corrected chi connectivity index (χ0v) is 17.0. The number of nitrogens with zero attached hydrogens (tertiary/aromatic N) is 1. The molecule has 0 spiro atoms. The van der Waals surface area contributed by atoms with Crippen molar-refractivity contribution in [2.75, 3.05) is 14.2 Å². The van der Waals surface area contributed by atoms with Crippen LogP contribution in [0.5, 0.6) is 11.5 Å². The van der Waals surface area contributed by atoms with Crippen LogP contribution in [0.2, 0.25) is 0 Å². The van der Waals surface area contributed by atoms with Crippen LogP contribution in [0.1, 0.15) is 11.1 Å². The Balaban J connectivity index is 1.56. The fourth-order valence-electron chi connectivity index (χ4n) is 3.21. The van der Waals surface area contributed by atoms with Crippen molar-refractivity contribution >= 4 is 39.7 Å². The molecular formula is C23H20N2O3S. The SMILES string of the molecule is CNC1=NC(=O)SC1=Cc1ccc(OCc2cccc3ccccc23)c(OC)c1. The average molecular weight is 404 g/mol. The number of amidine groups is 1. The molecule has 0 unspecified atom stereocenters. The number of hydrogen-bond acceptors (Lipinski definition) is 5. The number of rotatable bonds is 5. The lowest BCUT2D eigenvalue weighted by Crippen LogP contribution is -2.16. The van der Waals surface area contributed by atoms with Gasteiger partial charge in [0.2, 0.25) is 0 Å². The van der Waals surface area contributed by atoms with Crippen LogP contribution in [0.25, 0.3) is 16.8 Å². The number of carbonyl (C=O) groups is 1. The molecule has 0 saturated carbocycles. The van der Waals surface area contributed by atoms with Gasteiger partial charge in [-0.1, -0.05) is 48.5 Å². The highest BCUT2D eigenvalue weighted by molar-refractivity contribution is 8.18. The second-order valence-electron chi connectivity index (χ2n) is 6.42. The van der Waals surface area contributed by atoms with E-state index in [1.54, 1.807) is 14.2 Å². The molecule has 0 fully saturated rings.